The summed E-state index contributed by atoms with van der Waals surface area (Å²) in [5, 5.41) is 1.18. The summed E-state index contributed by atoms with van der Waals surface area (Å²) in [6, 6.07) is 21.7. The van der Waals surface area contributed by atoms with Gasteiger partial charge in [-0.25, -0.2) is 12.8 Å². The second-order valence-electron chi connectivity index (χ2n) is 9.71. The van der Waals surface area contributed by atoms with Crippen molar-refractivity contribution < 1.29 is 17.5 Å². The highest BCUT2D eigenvalue weighted by molar-refractivity contribution is 7.89. The molecule has 5 rings (SSSR count). The number of sulfonamides is 1. The number of aromatic nitrogens is 1. The predicted octanol–water partition coefficient (Wildman–Crippen LogP) is 6.58. The zero-order chi connectivity index (χ0) is 25.8. The van der Waals surface area contributed by atoms with E-state index in [1.807, 2.05) is 18.2 Å². The quantitative estimate of drug-likeness (QED) is 0.234. The molecule has 0 aliphatic carbocycles. The van der Waals surface area contributed by atoms with Crippen molar-refractivity contribution in [1.29, 1.82) is 0 Å². The van der Waals surface area contributed by atoms with Gasteiger partial charge in [-0.2, -0.15) is 4.31 Å². The maximum absolute atomic E-state index is 13.7. The number of ether oxygens (including phenoxy) is 1. The smallest absolute Gasteiger partial charge is 0.243 e. The number of hydrogen-bond acceptors (Lipinski definition) is 3. The molecule has 0 atom stereocenters. The van der Waals surface area contributed by atoms with Gasteiger partial charge in [0, 0.05) is 36.7 Å². The van der Waals surface area contributed by atoms with Crippen LogP contribution >= 0.6 is 0 Å². The van der Waals surface area contributed by atoms with Crippen molar-refractivity contribution >= 4 is 20.9 Å². The van der Waals surface area contributed by atoms with Crippen LogP contribution in [0.5, 0.6) is 5.75 Å². The maximum Gasteiger partial charge on any atom is 0.243 e. The molecule has 0 spiro atoms. The number of benzene rings is 3. The lowest BCUT2D eigenvalue weighted by atomic mass is 9.90. The Kier molecular flexibility index (Phi) is 7.63. The first-order valence-electron chi connectivity index (χ1n) is 13.0. The molecule has 0 amide bonds. The first-order chi connectivity index (χ1) is 18.0. The fourth-order valence-electron chi connectivity index (χ4n) is 5.16. The van der Waals surface area contributed by atoms with Crippen molar-refractivity contribution in [3.05, 3.63) is 95.9 Å². The molecule has 1 aliphatic heterocycles. The van der Waals surface area contributed by atoms with E-state index in [1.165, 1.54) is 17.0 Å². The predicted molar refractivity (Wildman–Crippen MR) is 145 cm³/mol. The Hall–Kier alpha value is -3.16. The Bertz CT molecular complexity index is 1460. The van der Waals surface area contributed by atoms with Crippen molar-refractivity contribution in [3.63, 3.8) is 0 Å². The largest absolute Gasteiger partial charge is 0.494 e. The molecule has 5 nitrogen and oxygen atoms in total. The molecule has 194 valence electrons. The van der Waals surface area contributed by atoms with Gasteiger partial charge < -0.3 is 9.30 Å². The van der Waals surface area contributed by atoms with Crippen LogP contribution in [0.1, 0.15) is 49.7 Å². The molecule has 1 aromatic heterocycles. The molecular weight excluding hydrogens is 487 g/mol. The van der Waals surface area contributed by atoms with Crippen molar-refractivity contribution in [2.45, 2.75) is 50.0 Å². The second kappa shape index (κ2) is 11.1. The molecule has 0 unspecified atom stereocenters. The van der Waals surface area contributed by atoms with Crippen LogP contribution in [0.4, 0.5) is 4.39 Å². The Labute approximate surface area is 218 Å². The Morgan fingerprint density at radius 3 is 2.46 bits per heavy atom. The number of nitrogens with zero attached hydrogens (tertiary/aromatic N) is 2. The summed E-state index contributed by atoms with van der Waals surface area (Å²) in [5.74, 6) is 0.724. The number of hydrogen-bond donors (Lipinski definition) is 0. The van der Waals surface area contributed by atoms with Gasteiger partial charge in [0.25, 0.3) is 0 Å². The highest BCUT2D eigenvalue weighted by atomic mass is 32.2. The molecule has 37 heavy (non-hydrogen) atoms. The summed E-state index contributed by atoms with van der Waals surface area (Å²) < 4.78 is 49.8. The minimum atomic E-state index is -3.55. The lowest BCUT2D eigenvalue weighted by Crippen LogP contribution is -2.37. The lowest BCUT2D eigenvalue weighted by Gasteiger charge is -2.31. The van der Waals surface area contributed by atoms with E-state index < -0.39 is 10.0 Å². The van der Waals surface area contributed by atoms with Crippen LogP contribution in [0, 0.1) is 5.82 Å². The number of piperidine rings is 1. The minimum Gasteiger partial charge on any atom is -0.494 e. The van der Waals surface area contributed by atoms with Crippen molar-refractivity contribution in [2.75, 3.05) is 19.7 Å². The van der Waals surface area contributed by atoms with Crippen molar-refractivity contribution in [1.82, 2.24) is 8.87 Å². The molecule has 4 aromatic rings. The molecule has 3 aromatic carbocycles. The van der Waals surface area contributed by atoms with Crippen LogP contribution in [0.3, 0.4) is 0 Å². The average molecular weight is 521 g/mol. The number of halogens is 1. The van der Waals surface area contributed by atoms with E-state index in [4.69, 9.17) is 4.74 Å². The molecular formula is C30H33FN2O3S. The fourth-order valence-corrected chi connectivity index (χ4v) is 6.63. The van der Waals surface area contributed by atoms with Gasteiger partial charge in [0.1, 0.15) is 11.6 Å². The standard InChI is InChI=1S/C30H33FN2O3S/c1-2-3-19-36-26-11-13-27(14-12-26)37(34,35)33-17-15-24(16-18-33)29-22-32(30-10-5-4-9-28(29)30)21-23-7-6-8-25(31)20-23/h4-14,20,22,24H,2-3,15-19,21H2,1H3. The highest BCUT2D eigenvalue weighted by Gasteiger charge is 2.31. The second-order valence-corrected chi connectivity index (χ2v) is 11.6. The van der Waals surface area contributed by atoms with Crippen LogP contribution in [0.15, 0.2) is 83.9 Å². The van der Waals surface area contributed by atoms with E-state index in [2.05, 4.69) is 29.8 Å². The normalized spacial score (nSPS) is 15.3. The van der Waals surface area contributed by atoms with E-state index in [9.17, 15) is 12.8 Å². The zero-order valence-electron chi connectivity index (χ0n) is 21.1. The highest BCUT2D eigenvalue weighted by Crippen LogP contribution is 2.36. The van der Waals surface area contributed by atoms with Gasteiger partial charge in [-0.1, -0.05) is 43.7 Å². The molecule has 7 heteroatoms. The number of para-hydroxylation sites is 1. The van der Waals surface area contributed by atoms with Crippen LogP contribution in [0.2, 0.25) is 0 Å². The van der Waals surface area contributed by atoms with E-state index >= 15 is 0 Å². The third-order valence-electron chi connectivity index (χ3n) is 7.18. The van der Waals surface area contributed by atoms with E-state index in [1.54, 1.807) is 40.7 Å². The van der Waals surface area contributed by atoms with Gasteiger partial charge in [0.2, 0.25) is 10.0 Å². The summed E-state index contributed by atoms with van der Waals surface area (Å²) in [7, 11) is -3.55. The van der Waals surface area contributed by atoms with Crippen molar-refractivity contribution in [2.24, 2.45) is 0 Å². The van der Waals surface area contributed by atoms with Gasteiger partial charge >= 0.3 is 0 Å². The summed E-state index contributed by atoms with van der Waals surface area (Å²) >= 11 is 0. The summed E-state index contributed by atoms with van der Waals surface area (Å²) in [6.45, 7) is 4.28. The molecule has 0 radical (unpaired) electrons. The molecule has 1 saturated heterocycles. The van der Waals surface area contributed by atoms with Gasteiger partial charge in [0.05, 0.1) is 11.5 Å². The molecule has 0 N–H and O–H groups in total. The average Bonchev–Trinajstić information content (AvgIpc) is 3.27. The third kappa shape index (κ3) is 5.58. The van der Waals surface area contributed by atoms with Gasteiger partial charge in [0.15, 0.2) is 0 Å². The van der Waals surface area contributed by atoms with Gasteiger partial charge in [-0.3, -0.25) is 0 Å². The first-order valence-corrected chi connectivity index (χ1v) is 14.4. The number of fused-ring (bicyclic) bond motifs is 1. The maximum atomic E-state index is 13.7. The lowest BCUT2D eigenvalue weighted by molar-refractivity contribution is 0.309. The van der Waals surface area contributed by atoms with E-state index in [-0.39, 0.29) is 11.7 Å². The Morgan fingerprint density at radius 1 is 0.973 bits per heavy atom. The zero-order valence-corrected chi connectivity index (χ0v) is 22.0. The van der Waals surface area contributed by atoms with Crippen LogP contribution in [0.25, 0.3) is 10.9 Å². The first kappa shape index (κ1) is 25.5. The third-order valence-corrected chi connectivity index (χ3v) is 9.10. The van der Waals surface area contributed by atoms with Gasteiger partial charge in [-0.15, -0.1) is 0 Å². The number of unbranched alkanes of at least 4 members (excludes halogenated alkanes) is 1. The van der Waals surface area contributed by atoms with Gasteiger partial charge in [-0.05, 0) is 78.8 Å². The van der Waals surface area contributed by atoms with Crippen LogP contribution < -0.4 is 4.74 Å². The van der Waals surface area contributed by atoms with Crippen LogP contribution in [-0.2, 0) is 16.6 Å². The monoisotopic (exact) mass is 520 g/mol. The molecule has 0 bridgehead atoms. The Balaban J connectivity index is 1.30. The van der Waals surface area contributed by atoms with E-state index in [0.29, 0.717) is 36.9 Å². The topological polar surface area (TPSA) is 51.5 Å². The number of rotatable bonds is 9. The molecule has 1 aliphatic rings. The van der Waals surface area contributed by atoms with Crippen LogP contribution in [-0.4, -0.2) is 37.0 Å². The fraction of sp³-hybridized carbons (Fsp3) is 0.333. The summed E-state index contributed by atoms with van der Waals surface area (Å²) in [6.07, 6.45) is 5.70. The Morgan fingerprint density at radius 2 is 1.73 bits per heavy atom. The molecule has 1 fully saturated rings. The molecule has 2 heterocycles. The SMILES string of the molecule is CCCCOc1ccc(S(=O)(=O)N2CCC(c3cn(Cc4cccc(F)c4)c4ccccc34)CC2)cc1. The van der Waals surface area contributed by atoms with E-state index in [0.717, 1.165) is 36.8 Å². The van der Waals surface area contributed by atoms with Crippen molar-refractivity contribution in [3.8, 4) is 5.75 Å². The minimum absolute atomic E-state index is 0.235. The molecule has 0 saturated carbocycles. The summed E-state index contributed by atoms with van der Waals surface area (Å²) in [5.41, 5.74) is 3.26. The summed E-state index contributed by atoms with van der Waals surface area (Å²) in [4.78, 5) is 0.306.